The fraction of sp³-hybridized carbons (Fsp3) is 0. The number of halogens is 3. The molecule has 25 heavy (non-hydrogen) atoms. The Labute approximate surface area is 164 Å². The molecule has 0 saturated carbocycles. The van der Waals surface area contributed by atoms with Crippen molar-refractivity contribution < 1.29 is 8.83 Å². The normalized spacial score (nSPS) is 12.1. The summed E-state index contributed by atoms with van der Waals surface area (Å²) in [5.41, 5.74) is -0.0328. The van der Waals surface area contributed by atoms with Crippen molar-refractivity contribution in [1.82, 2.24) is 0 Å². The van der Waals surface area contributed by atoms with Gasteiger partial charge in [-0.05, 0) is 46.3 Å². The molecule has 0 bridgehead atoms. The highest BCUT2D eigenvalue weighted by atomic mass is 79.9. The lowest BCUT2D eigenvalue weighted by Crippen LogP contribution is -2.12. The van der Waals surface area contributed by atoms with Gasteiger partial charge in [-0.1, -0.05) is 31.9 Å². The Bertz CT molecular complexity index is 1430. The van der Waals surface area contributed by atoms with E-state index in [9.17, 15) is 9.59 Å². The van der Waals surface area contributed by atoms with E-state index in [0.717, 1.165) is 19.7 Å². The third kappa shape index (κ3) is 2.03. The average molecular weight is 525 g/mol. The molecule has 0 atom stereocenters. The lowest BCUT2D eigenvalue weighted by molar-refractivity contribution is 0.488. The Morgan fingerprint density at radius 3 is 2.08 bits per heavy atom. The summed E-state index contributed by atoms with van der Waals surface area (Å²) in [5.74, 6) is 0. The SMILES string of the molecule is O=c1oc(=O)c2cc(Br)c3c4cc(Br)ccc4oc4c(Br)cc1c2c43. The molecule has 7 heteroatoms. The van der Waals surface area contributed by atoms with Crippen LogP contribution in [0.5, 0.6) is 0 Å². The minimum Gasteiger partial charge on any atom is -0.455 e. The van der Waals surface area contributed by atoms with Crippen molar-refractivity contribution >= 4 is 91.3 Å². The fourth-order valence-electron chi connectivity index (χ4n) is 3.32. The van der Waals surface area contributed by atoms with E-state index in [1.807, 2.05) is 18.2 Å². The van der Waals surface area contributed by atoms with Crippen LogP contribution in [0, 0.1) is 0 Å². The number of hydrogen-bond acceptors (Lipinski definition) is 4. The molecule has 0 saturated heterocycles. The van der Waals surface area contributed by atoms with E-state index < -0.39 is 11.3 Å². The summed E-state index contributed by atoms with van der Waals surface area (Å²) in [6, 6.07) is 9.06. The van der Waals surface area contributed by atoms with Gasteiger partial charge in [-0.2, -0.15) is 0 Å². The van der Waals surface area contributed by atoms with Crippen molar-refractivity contribution in [1.29, 1.82) is 0 Å². The second-order valence-electron chi connectivity index (χ2n) is 5.69. The number of benzene rings is 3. The zero-order valence-electron chi connectivity index (χ0n) is 12.2. The molecule has 5 aromatic rings. The number of hydrogen-bond donors (Lipinski definition) is 0. The van der Waals surface area contributed by atoms with E-state index in [1.54, 1.807) is 12.1 Å². The first-order valence-corrected chi connectivity index (χ1v) is 9.56. The third-order valence-electron chi connectivity index (χ3n) is 4.31. The van der Waals surface area contributed by atoms with Crippen LogP contribution in [0.25, 0.3) is 43.5 Å². The van der Waals surface area contributed by atoms with E-state index in [2.05, 4.69) is 47.8 Å². The maximum atomic E-state index is 12.2. The average Bonchev–Trinajstić information content (AvgIpc) is 2.57. The summed E-state index contributed by atoms with van der Waals surface area (Å²) >= 11 is 10.5. The van der Waals surface area contributed by atoms with Gasteiger partial charge >= 0.3 is 11.3 Å². The summed E-state index contributed by atoms with van der Waals surface area (Å²) in [5, 5.41) is 3.71. The molecule has 2 aromatic heterocycles. The highest BCUT2D eigenvalue weighted by molar-refractivity contribution is 9.11. The summed E-state index contributed by atoms with van der Waals surface area (Å²) in [4.78, 5) is 24.4. The van der Waals surface area contributed by atoms with Crippen LogP contribution in [0.3, 0.4) is 0 Å². The standard InChI is InChI=1S/C18H5Br3O4/c19-6-1-2-12-7(3-6)14-10(20)4-8-13-9(18(23)25-17(8)22)5-11(21)16(24-12)15(13)14/h1-5H. The molecule has 0 spiro atoms. The molecule has 0 aliphatic rings. The Morgan fingerprint density at radius 2 is 1.36 bits per heavy atom. The van der Waals surface area contributed by atoms with E-state index in [-0.39, 0.29) is 0 Å². The van der Waals surface area contributed by atoms with Gasteiger partial charge in [-0.15, -0.1) is 0 Å². The second kappa shape index (κ2) is 5.16. The van der Waals surface area contributed by atoms with Gasteiger partial charge in [0.25, 0.3) is 0 Å². The van der Waals surface area contributed by atoms with Crippen LogP contribution in [0.4, 0.5) is 0 Å². The van der Waals surface area contributed by atoms with Gasteiger partial charge in [-0.3, -0.25) is 0 Å². The first-order valence-electron chi connectivity index (χ1n) is 7.18. The second-order valence-corrected chi connectivity index (χ2v) is 8.31. The van der Waals surface area contributed by atoms with Crippen LogP contribution in [0.1, 0.15) is 0 Å². The summed E-state index contributed by atoms with van der Waals surface area (Å²) < 4.78 is 13.2. The van der Waals surface area contributed by atoms with Gasteiger partial charge in [0.05, 0.1) is 15.2 Å². The van der Waals surface area contributed by atoms with Gasteiger partial charge in [0, 0.05) is 30.5 Å². The highest BCUT2D eigenvalue weighted by Gasteiger charge is 2.21. The predicted octanol–water partition coefficient (Wildman–Crippen LogP) is 5.93. The van der Waals surface area contributed by atoms with E-state index in [0.29, 0.717) is 37.2 Å². The lowest BCUT2D eigenvalue weighted by Gasteiger charge is -2.14. The quantitative estimate of drug-likeness (QED) is 0.186. The molecule has 0 unspecified atom stereocenters. The smallest absolute Gasteiger partial charge is 0.346 e. The Morgan fingerprint density at radius 1 is 0.680 bits per heavy atom. The van der Waals surface area contributed by atoms with Crippen molar-refractivity contribution in [3.63, 3.8) is 0 Å². The maximum Gasteiger partial charge on any atom is 0.346 e. The molecule has 0 N–H and O–H groups in total. The van der Waals surface area contributed by atoms with Crippen molar-refractivity contribution in [2.45, 2.75) is 0 Å². The molecule has 0 aliphatic heterocycles. The molecule has 0 radical (unpaired) electrons. The minimum atomic E-state index is -0.655. The predicted molar refractivity (Wildman–Crippen MR) is 108 cm³/mol. The van der Waals surface area contributed by atoms with Crippen LogP contribution in [0.2, 0.25) is 0 Å². The van der Waals surface area contributed by atoms with E-state index in [4.69, 9.17) is 8.83 Å². The monoisotopic (exact) mass is 522 g/mol. The molecule has 2 heterocycles. The Hall–Kier alpha value is -1.70. The summed E-state index contributed by atoms with van der Waals surface area (Å²) in [7, 11) is 0. The van der Waals surface area contributed by atoms with Gasteiger partial charge in [-0.25, -0.2) is 9.59 Å². The van der Waals surface area contributed by atoms with Gasteiger partial charge < -0.3 is 8.83 Å². The molecule has 5 rings (SSSR count). The Kier molecular flexibility index (Phi) is 3.21. The topological polar surface area (TPSA) is 60.4 Å². The molecule has 3 aromatic carbocycles. The lowest BCUT2D eigenvalue weighted by atomic mass is 9.97. The zero-order valence-corrected chi connectivity index (χ0v) is 16.9. The minimum absolute atomic E-state index is 0.344. The van der Waals surface area contributed by atoms with Gasteiger partial charge in [0.1, 0.15) is 11.2 Å². The molecular weight excluding hydrogens is 520 g/mol. The van der Waals surface area contributed by atoms with Crippen molar-refractivity contribution in [2.24, 2.45) is 0 Å². The van der Waals surface area contributed by atoms with Crippen LogP contribution in [-0.4, -0.2) is 0 Å². The first kappa shape index (κ1) is 15.5. The van der Waals surface area contributed by atoms with Crippen LogP contribution in [-0.2, 0) is 0 Å². The van der Waals surface area contributed by atoms with Crippen LogP contribution >= 0.6 is 47.8 Å². The van der Waals surface area contributed by atoms with E-state index >= 15 is 0 Å². The number of fused-ring (bicyclic) bond motifs is 2. The van der Waals surface area contributed by atoms with Crippen molar-refractivity contribution in [3.05, 3.63) is 64.6 Å². The molecular formula is C18H5Br3O4. The molecule has 122 valence electrons. The molecule has 0 aliphatic carbocycles. The largest absolute Gasteiger partial charge is 0.455 e. The van der Waals surface area contributed by atoms with Gasteiger partial charge in [0.15, 0.2) is 0 Å². The first-order chi connectivity index (χ1) is 12.0. The van der Waals surface area contributed by atoms with Gasteiger partial charge in [0.2, 0.25) is 0 Å². The Balaban J connectivity index is 2.29. The van der Waals surface area contributed by atoms with Crippen LogP contribution in [0.15, 0.2) is 62.2 Å². The van der Waals surface area contributed by atoms with Crippen molar-refractivity contribution in [3.8, 4) is 0 Å². The zero-order chi connectivity index (χ0) is 17.5. The van der Waals surface area contributed by atoms with Crippen molar-refractivity contribution in [2.75, 3.05) is 0 Å². The highest BCUT2D eigenvalue weighted by Crippen LogP contribution is 2.43. The van der Waals surface area contributed by atoms with Crippen LogP contribution < -0.4 is 11.3 Å². The molecule has 4 nitrogen and oxygen atoms in total. The third-order valence-corrected chi connectivity index (χ3v) is 6.02. The molecule has 0 amide bonds. The summed E-state index contributed by atoms with van der Waals surface area (Å²) in [6.07, 6.45) is 0. The number of rotatable bonds is 0. The molecule has 0 fully saturated rings. The fourth-order valence-corrected chi connectivity index (χ4v) is 4.83. The summed E-state index contributed by atoms with van der Waals surface area (Å²) in [6.45, 7) is 0. The van der Waals surface area contributed by atoms with E-state index in [1.165, 1.54) is 0 Å². The maximum absolute atomic E-state index is 12.2.